The lowest BCUT2D eigenvalue weighted by Gasteiger charge is -2.49. The molecular formula is C23H31N5O. The van der Waals surface area contributed by atoms with Gasteiger partial charge in [0.15, 0.2) is 0 Å². The van der Waals surface area contributed by atoms with Crippen molar-refractivity contribution in [2.45, 2.75) is 38.6 Å². The molecule has 0 radical (unpaired) electrons. The van der Waals surface area contributed by atoms with E-state index >= 15 is 0 Å². The fourth-order valence-electron chi connectivity index (χ4n) is 4.87. The molecule has 6 heteroatoms. The van der Waals surface area contributed by atoms with Crippen LogP contribution in [0.4, 0.5) is 5.95 Å². The second-order valence-electron chi connectivity index (χ2n) is 8.58. The van der Waals surface area contributed by atoms with Gasteiger partial charge in [-0.05, 0) is 50.3 Å². The highest BCUT2D eigenvalue weighted by Crippen LogP contribution is 2.45. The first kappa shape index (κ1) is 19.8. The summed E-state index contributed by atoms with van der Waals surface area (Å²) in [7, 11) is 1.97. The molecule has 3 heterocycles. The number of anilines is 1. The zero-order valence-electron chi connectivity index (χ0n) is 17.5. The van der Waals surface area contributed by atoms with E-state index in [1.165, 1.54) is 0 Å². The first-order chi connectivity index (χ1) is 14.1. The average molecular weight is 394 g/mol. The van der Waals surface area contributed by atoms with Crippen LogP contribution >= 0.6 is 0 Å². The largest absolute Gasteiger partial charge is 0.355 e. The number of benzene rings is 1. The maximum Gasteiger partial charge on any atom is 0.229 e. The molecule has 2 aliphatic heterocycles. The topological polar surface area (TPSA) is 61.4 Å². The average Bonchev–Trinajstić information content (AvgIpc) is 2.75. The van der Waals surface area contributed by atoms with Gasteiger partial charge < -0.3 is 10.2 Å². The smallest absolute Gasteiger partial charge is 0.229 e. The van der Waals surface area contributed by atoms with Crippen LogP contribution in [0.2, 0.25) is 0 Å². The van der Waals surface area contributed by atoms with Crippen molar-refractivity contribution in [3.8, 4) is 0 Å². The molecule has 0 unspecified atom stereocenters. The zero-order valence-corrected chi connectivity index (χ0v) is 17.5. The van der Waals surface area contributed by atoms with Gasteiger partial charge in [-0.15, -0.1) is 0 Å². The van der Waals surface area contributed by atoms with E-state index < -0.39 is 0 Å². The molecule has 2 saturated heterocycles. The summed E-state index contributed by atoms with van der Waals surface area (Å²) >= 11 is 0. The van der Waals surface area contributed by atoms with Gasteiger partial charge in [0, 0.05) is 44.6 Å². The van der Waals surface area contributed by atoms with E-state index in [1.807, 2.05) is 49.5 Å². The quantitative estimate of drug-likeness (QED) is 0.846. The number of aromatic nitrogens is 2. The van der Waals surface area contributed by atoms with Crippen LogP contribution in [0, 0.1) is 5.41 Å². The van der Waals surface area contributed by atoms with Crippen LogP contribution in [0.5, 0.6) is 0 Å². The molecule has 0 aliphatic carbocycles. The number of carbonyl (C=O) groups excluding carboxylic acids is 1. The standard InChI is InChI=1S/C23H31N5O/c1-3-24-22-25-14-18(15-26-22)16-28-11-9-23(10-12-28)13-20(21(29)27(2)17-23)19-7-5-4-6-8-19/h4-8,14-15,20H,3,9-13,16-17H2,1-2H3,(H,24,25,26)/t20-/m0/s1. The number of carbonyl (C=O) groups is 1. The number of nitrogens with one attached hydrogen (secondary N) is 1. The summed E-state index contributed by atoms with van der Waals surface area (Å²) in [6, 6.07) is 10.3. The second kappa shape index (κ2) is 8.49. The second-order valence-corrected chi connectivity index (χ2v) is 8.58. The van der Waals surface area contributed by atoms with Gasteiger partial charge in [0.2, 0.25) is 11.9 Å². The van der Waals surface area contributed by atoms with Crippen LogP contribution in [-0.4, -0.2) is 58.9 Å². The third-order valence-corrected chi connectivity index (χ3v) is 6.45. The first-order valence-corrected chi connectivity index (χ1v) is 10.7. The Morgan fingerprint density at radius 2 is 1.83 bits per heavy atom. The van der Waals surface area contributed by atoms with Crippen molar-refractivity contribution in [3.05, 3.63) is 53.9 Å². The minimum Gasteiger partial charge on any atom is -0.355 e. The van der Waals surface area contributed by atoms with E-state index in [-0.39, 0.29) is 17.2 Å². The van der Waals surface area contributed by atoms with Crippen molar-refractivity contribution in [3.63, 3.8) is 0 Å². The molecule has 1 spiro atoms. The highest BCUT2D eigenvalue weighted by Gasteiger charge is 2.44. The number of hydrogen-bond donors (Lipinski definition) is 1. The summed E-state index contributed by atoms with van der Waals surface area (Å²) < 4.78 is 0. The van der Waals surface area contributed by atoms with Crippen molar-refractivity contribution in [1.29, 1.82) is 0 Å². The van der Waals surface area contributed by atoms with Gasteiger partial charge in [0.1, 0.15) is 0 Å². The van der Waals surface area contributed by atoms with E-state index in [2.05, 4.69) is 32.3 Å². The van der Waals surface area contributed by atoms with Gasteiger partial charge in [-0.3, -0.25) is 9.69 Å². The van der Waals surface area contributed by atoms with Crippen LogP contribution in [0.3, 0.4) is 0 Å². The van der Waals surface area contributed by atoms with Gasteiger partial charge in [0.25, 0.3) is 0 Å². The lowest BCUT2D eigenvalue weighted by Crippen LogP contribution is -2.52. The first-order valence-electron chi connectivity index (χ1n) is 10.7. The summed E-state index contributed by atoms with van der Waals surface area (Å²) in [5.74, 6) is 0.950. The highest BCUT2D eigenvalue weighted by molar-refractivity contribution is 5.84. The molecule has 6 nitrogen and oxygen atoms in total. The number of rotatable bonds is 5. The van der Waals surface area contributed by atoms with Gasteiger partial charge in [-0.1, -0.05) is 30.3 Å². The molecule has 4 rings (SSSR count). The van der Waals surface area contributed by atoms with Crippen LogP contribution < -0.4 is 5.32 Å². The Kier molecular flexibility index (Phi) is 5.81. The predicted molar refractivity (Wildman–Crippen MR) is 115 cm³/mol. The fourth-order valence-corrected chi connectivity index (χ4v) is 4.87. The highest BCUT2D eigenvalue weighted by atomic mass is 16.2. The Hall–Kier alpha value is -2.47. The molecule has 2 aliphatic rings. The maximum absolute atomic E-state index is 12.8. The predicted octanol–water partition coefficient (Wildman–Crippen LogP) is 3.14. The number of amides is 1. The van der Waals surface area contributed by atoms with Gasteiger partial charge in [0.05, 0.1) is 5.92 Å². The Bertz CT molecular complexity index is 815. The molecule has 1 aromatic heterocycles. The molecule has 2 fully saturated rings. The molecule has 1 amide bonds. The third-order valence-electron chi connectivity index (χ3n) is 6.45. The Labute approximate surface area is 173 Å². The summed E-state index contributed by atoms with van der Waals surface area (Å²) in [6.45, 7) is 6.74. The van der Waals surface area contributed by atoms with E-state index in [4.69, 9.17) is 0 Å². The summed E-state index contributed by atoms with van der Waals surface area (Å²) in [6.07, 6.45) is 7.07. The molecule has 0 saturated carbocycles. The van der Waals surface area contributed by atoms with E-state index in [1.54, 1.807) is 0 Å². The van der Waals surface area contributed by atoms with Crippen LogP contribution in [0.1, 0.15) is 43.2 Å². The molecule has 0 bridgehead atoms. The van der Waals surface area contributed by atoms with Crippen molar-refractivity contribution in [2.75, 3.05) is 38.5 Å². The summed E-state index contributed by atoms with van der Waals surface area (Å²) in [5.41, 5.74) is 2.54. The molecule has 154 valence electrons. The number of nitrogens with zero attached hydrogens (tertiary/aromatic N) is 4. The Morgan fingerprint density at radius 1 is 1.14 bits per heavy atom. The monoisotopic (exact) mass is 393 g/mol. The Balaban J connectivity index is 1.39. The van der Waals surface area contributed by atoms with Crippen LogP contribution in [0.15, 0.2) is 42.7 Å². The van der Waals surface area contributed by atoms with E-state index in [0.29, 0.717) is 5.95 Å². The van der Waals surface area contributed by atoms with Crippen molar-refractivity contribution in [1.82, 2.24) is 19.8 Å². The summed E-state index contributed by atoms with van der Waals surface area (Å²) in [4.78, 5) is 26.1. The maximum atomic E-state index is 12.8. The van der Waals surface area contributed by atoms with Crippen molar-refractivity contribution < 1.29 is 4.79 Å². The van der Waals surface area contributed by atoms with Gasteiger partial charge in [-0.25, -0.2) is 9.97 Å². The van der Waals surface area contributed by atoms with Gasteiger partial charge in [-0.2, -0.15) is 0 Å². The Morgan fingerprint density at radius 3 is 2.48 bits per heavy atom. The SMILES string of the molecule is CCNc1ncc(CN2CCC3(CC2)C[C@@H](c2ccccc2)C(=O)N(C)C3)cn1. The van der Waals surface area contributed by atoms with Gasteiger partial charge >= 0.3 is 0 Å². The van der Waals surface area contributed by atoms with E-state index in [9.17, 15) is 4.79 Å². The molecule has 29 heavy (non-hydrogen) atoms. The molecule has 1 atom stereocenters. The molecule has 2 aromatic rings. The van der Waals surface area contributed by atoms with Crippen molar-refractivity contribution >= 4 is 11.9 Å². The van der Waals surface area contributed by atoms with Crippen molar-refractivity contribution in [2.24, 2.45) is 5.41 Å². The minimum absolute atomic E-state index is 0.00601. The lowest BCUT2D eigenvalue weighted by molar-refractivity contribution is -0.139. The summed E-state index contributed by atoms with van der Waals surface area (Å²) in [5, 5.41) is 3.13. The number of likely N-dealkylation sites (N-methyl/N-ethyl adjacent to an activating group) is 1. The fraction of sp³-hybridized carbons (Fsp3) is 0.522. The number of piperidine rings is 2. The molecule has 1 N–H and O–H groups in total. The zero-order chi connectivity index (χ0) is 20.3. The van der Waals surface area contributed by atoms with Crippen LogP contribution in [-0.2, 0) is 11.3 Å². The minimum atomic E-state index is -0.00601. The lowest BCUT2D eigenvalue weighted by atomic mass is 9.67. The number of likely N-dealkylation sites (tertiary alicyclic amines) is 2. The molecular weight excluding hydrogens is 362 g/mol. The van der Waals surface area contributed by atoms with E-state index in [0.717, 1.165) is 63.1 Å². The third kappa shape index (κ3) is 4.42. The normalized spacial score (nSPS) is 22.1. The molecule has 1 aromatic carbocycles. The number of hydrogen-bond acceptors (Lipinski definition) is 5. The van der Waals surface area contributed by atoms with Crippen LogP contribution in [0.25, 0.3) is 0 Å².